The van der Waals surface area contributed by atoms with Crippen molar-refractivity contribution in [2.75, 3.05) is 37.1 Å². The van der Waals surface area contributed by atoms with E-state index in [0.717, 1.165) is 5.75 Å². The Kier molecular flexibility index (Phi) is 6.55. The number of hydrogen-bond donors (Lipinski definition) is 1. The van der Waals surface area contributed by atoms with Crippen LogP contribution in [0.5, 0.6) is 17.2 Å². The maximum atomic E-state index is 12.6. The van der Waals surface area contributed by atoms with Crippen LogP contribution < -0.4 is 24.4 Å². The molecule has 7 nitrogen and oxygen atoms in total. The quantitative estimate of drug-likeness (QED) is 0.542. The first-order valence-corrected chi connectivity index (χ1v) is 10.3. The molecule has 3 aromatic carbocycles. The number of fused-ring (bicyclic) bond motifs is 1. The predicted octanol–water partition coefficient (Wildman–Crippen LogP) is 4.14. The summed E-state index contributed by atoms with van der Waals surface area (Å²) in [5.41, 5.74) is 1.68. The third-order valence-corrected chi connectivity index (χ3v) is 5.03. The fraction of sp³-hybridized carbons (Fsp3) is 0.200. The Morgan fingerprint density at radius 1 is 1.03 bits per heavy atom. The number of amides is 2. The van der Waals surface area contributed by atoms with Gasteiger partial charge in [-0.25, -0.2) is 0 Å². The lowest BCUT2D eigenvalue weighted by Gasteiger charge is -2.30. The van der Waals surface area contributed by atoms with Crippen molar-refractivity contribution in [1.82, 2.24) is 0 Å². The number of carbonyl (C=O) groups is 2. The molecule has 0 spiro atoms. The van der Waals surface area contributed by atoms with Crippen molar-refractivity contribution in [1.29, 1.82) is 0 Å². The van der Waals surface area contributed by atoms with Gasteiger partial charge in [-0.2, -0.15) is 0 Å². The fourth-order valence-electron chi connectivity index (χ4n) is 3.42. The number of nitrogens with zero attached hydrogens (tertiary/aromatic N) is 1. The van der Waals surface area contributed by atoms with E-state index in [0.29, 0.717) is 48.0 Å². The Balaban J connectivity index is 1.43. The molecule has 0 aromatic heterocycles. The van der Waals surface area contributed by atoms with Crippen molar-refractivity contribution in [3.05, 3.63) is 78.4 Å². The van der Waals surface area contributed by atoms with Crippen molar-refractivity contribution in [3.8, 4) is 17.2 Å². The molecule has 0 saturated carbocycles. The number of methoxy groups -OCH3 is 1. The number of rotatable bonds is 8. The second-order valence-electron chi connectivity index (χ2n) is 7.22. The molecule has 0 atom stereocenters. The van der Waals surface area contributed by atoms with Gasteiger partial charge in [0.15, 0.2) is 6.61 Å². The number of para-hydroxylation sites is 1. The van der Waals surface area contributed by atoms with E-state index in [9.17, 15) is 9.59 Å². The molecule has 3 aromatic rings. The molecule has 0 fully saturated rings. The summed E-state index contributed by atoms with van der Waals surface area (Å²) in [6.45, 7) is 0.952. The van der Waals surface area contributed by atoms with Crippen LogP contribution >= 0.6 is 0 Å². The second kappa shape index (κ2) is 9.87. The van der Waals surface area contributed by atoms with Gasteiger partial charge in [0.2, 0.25) is 0 Å². The topological polar surface area (TPSA) is 77.1 Å². The maximum Gasteiger partial charge on any atom is 0.265 e. The van der Waals surface area contributed by atoms with Crippen LogP contribution in [0.25, 0.3) is 0 Å². The summed E-state index contributed by atoms with van der Waals surface area (Å²) in [6, 6.07) is 21.7. The van der Waals surface area contributed by atoms with Crippen LogP contribution in [0.15, 0.2) is 72.8 Å². The standard InChI is InChI=1S/C25H24N2O5/c1-30-21-10-5-7-18(15-21)25(29)26-19-11-12-23-22(16-19)27(24(28)17-32-23)13-6-14-31-20-8-3-2-4-9-20/h2-5,7-12,15-16H,6,13-14,17H2,1H3,(H,26,29). The molecule has 4 rings (SSSR count). The van der Waals surface area contributed by atoms with Gasteiger partial charge in [0.25, 0.3) is 11.8 Å². The molecule has 2 amide bonds. The van der Waals surface area contributed by atoms with Crippen LogP contribution in [0.2, 0.25) is 0 Å². The van der Waals surface area contributed by atoms with Gasteiger partial charge in [0.05, 0.1) is 19.4 Å². The minimum atomic E-state index is -0.269. The molecule has 0 bridgehead atoms. The SMILES string of the molecule is COc1cccc(C(=O)Nc2ccc3c(c2)N(CCCOc2ccccc2)C(=O)CO3)c1. The van der Waals surface area contributed by atoms with Crippen LogP contribution in [0.1, 0.15) is 16.8 Å². The summed E-state index contributed by atoms with van der Waals surface area (Å²) < 4.78 is 16.5. The highest BCUT2D eigenvalue weighted by Gasteiger charge is 2.25. The second-order valence-corrected chi connectivity index (χ2v) is 7.22. The van der Waals surface area contributed by atoms with Gasteiger partial charge >= 0.3 is 0 Å². The number of benzene rings is 3. The van der Waals surface area contributed by atoms with Gasteiger partial charge in [0.1, 0.15) is 17.2 Å². The van der Waals surface area contributed by atoms with Crippen LogP contribution in [0.3, 0.4) is 0 Å². The summed E-state index contributed by atoms with van der Waals surface area (Å²) in [5.74, 6) is 1.60. The average molecular weight is 432 g/mol. The van der Waals surface area contributed by atoms with Crippen LogP contribution in [-0.4, -0.2) is 38.7 Å². The first-order chi connectivity index (χ1) is 15.6. The molecule has 0 aliphatic carbocycles. The van der Waals surface area contributed by atoms with E-state index in [1.54, 1.807) is 54.5 Å². The number of ether oxygens (including phenoxy) is 3. The van der Waals surface area contributed by atoms with Crippen LogP contribution in [0.4, 0.5) is 11.4 Å². The van der Waals surface area contributed by atoms with Gasteiger partial charge in [-0.05, 0) is 55.0 Å². The van der Waals surface area contributed by atoms with Crippen LogP contribution in [0, 0.1) is 0 Å². The minimum Gasteiger partial charge on any atom is -0.497 e. The lowest BCUT2D eigenvalue weighted by Crippen LogP contribution is -2.39. The molecule has 0 radical (unpaired) electrons. The molecule has 0 unspecified atom stereocenters. The van der Waals surface area contributed by atoms with Crippen molar-refractivity contribution in [3.63, 3.8) is 0 Å². The van der Waals surface area contributed by atoms with Crippen LogP contribution in [-0.2, 0) is 4.79 Å². The summed E-state index contributed by atoms with van der Waals surface area (Å²) in [7, 11) is 1.55. The Morgan fingerprint density at radius 3 is 2.66 bits per heavy atom. The van der Waals surface area contributed by atoms with Crippen molar-refractivity contribution < 1.29 is 23.8 Å². The third-order valence-electron chi connectivity index (χ3n) is 5.03. The number of anilines is 2. The first kappa shape index (κ1) is 21.2. The molecular weight excluding hydrogens is 408 g/mol. The summed E-state index contributed by atoms with van der Waals surface area (Å²) in [6.07, 6.45) is 0.653. The molecule has 0 saturated heterocycles. The predicted molar refractivity (Wildman–Crippen MR) is 122 cm³/mol. The van der Waals surface area contributed by atoms with E-state index >= 15 is 0 Å². The highest BCUT2D eigenvalue weighted by atomic mass is 16.5. The smallest absolute Gasteiger partial charge is 0.265 e. The number of carbonyl (C=O) groups excluding carboxylic acids is 2. The summed E-state index contributed by atoms with van der Waals surface area (Å²) in [5, 5.41) is 2.87. The van der Waals surface area contributed by atoms with Gasteiger partial charge in [-0.1, -0.05) is 24.3 Å². The van der Waals surface area contributed by atoms with Gasteiger partial charge in [-0.3, -0.25) is 9.59 Å². The average Bonchev–Trinajstić information content (AvgIpc) is 2.83. The number of nitrogens with one attached hydrogen (secondary N) is 1. The van der Waals surface area contributed by atoms with Gasteiger partial charge < -0.3 is 24.4 Å². The van der Waals surface area contributed by atoms with E-state index in [1.807, 2.05) is 30.3 Å². The summed E-state index contributed by atoms with van der Waals surface area (Å²) in [4.78, 5) is 26.8. The van der Waals surface area contributed by atoms with Crippen molar-refractivity contribution >= 4 is 23.2 Å². The molecule has 7 heteroatoms. The molecule has 1 aliphatic heterocycles. The normalized spacial score (nSPS) is 12.5. The molecule has 32 heavy (non-hydrogen) atoms. The van der Waals surface area contributed by atoms with E-state index in [-0.39, 0.29) is 18.4 Å². The zero-order valence-corrected chi connectivity index (χ0v) is 17.7. The summed E-state index contributed by atoms with van der Waals surface area (Å²) >= 11 is 0. The lowest BCUT2D eigenvalue weighted by atomic mass is 10.1. The molecular formula is C25H24N2O5. The Morgan fingerprint density at radius 2 is 1.84 bits per heavy atom. The van der Waals surface area contributed by atoms with E-state index < -0.39 is 0 Å². The Bertz CT molecular complexity index is 1100. The Hall–Kier alpha value is -4.00. The zero-order chi connectivity index (χ0) is 22.3. The van der Waals surface area contributed by atoms with E-state index in [4.69, 9.17) is 14.2 Å². The largest absolute Gasteiger partial charge is 0.497 e. The van der Waals surface area contributed by atoms with Gasteiger partial charge in [-0.15, -0.1) is 0 Å². The molecule has 164 valence electrons. The van der Waals surface area contributed by atoms with E-state index in [2.05, 4.69) is 5.32 Å². The van der Waals surface area contributed by atoms with Crippen molar-refractivity contribution in [2.45, 2.75) is 6.42 Å². The zero-order valence-electron chi connectivity index (χ0n) is 17.7. The lowest BCUT2D eigenvalue weighted by molar-refractivity contribution is -0.121. The number of hydrogen-bond acceptors (Lipinski definition) is 5. The highest BCUT2D eigenvalue weighted by Crippen LogP contribution is 2.35. The van der Waals surface area contributed by atoms with Gasteiger partial charge in [0, 0.05) is 17.8 Å². The maximum absolute atomic E-state index is 12.6. The molecule has 1 heterocycles. The highest BCUT2D eigenvalue weighted by molar-refractivity contribution is 6.05. The fourth-order valence-corrected chi connectivity index (χ4v) is 3.42. The van der Waals surface area contributed by atoms with E-state index in [1.165, 1.54) is 0 Å². The molecule has 1 aliphatic rings. The minimum absolute atomic E-state index is 0.0118. The Labute approximate surface area is 186 Å². The molecule has 1 N–H and O–H groups in total. The first-order valence-electron chi connectivity index (χ1n) is 10.3. The monoisotopic (exact) mass is 432 g/mol. The van der Waals surface area contributed by atoms with Crippen molar-refractivity contribution in [2.24, 2.45) is 0 Å². The third kappa shape index (κ3) is 5.00.